The van der Waals surface area contributed by atoms with Crippen molar-refractivity contribution >= 4 is 19.3 Å². The van der Waals surface area contributed by atoms with E-state index in [1.807, 2.05) is 67.6 Å². The minimum Gasteiger partial charge on any atom is -0.497 e. The molecule has 0 bridgehead atoms. The summed E-state index contributed by atoms with van der Waals surface area (Å²) >= 11 is 0. The minimum absolute atomic E-state index is 0.384. The van der Waals surface area contributed by atoms with Crippen LogP contribution in [-0.4, -0.2) is 40.3 Å². The van der Waals surface area contributed by atoms with Gasteiger partial charge in [0.2, 0.25) is 5.91 Å². The molecule has 3 aromatic rings. The first-order valence-corrected chi connectivity index (χ1v) is 13.6. The molecule has 3 aromatic carbocycles. The van der Waals surface area contributed by atoms with E-state index in [2.05, 4.69) is 9.99 Å². The molecular weight excluding hydrogens is 491 g/mol. The monoisotopic (exact) mass is 524 g/mol. The van der Waals surface area contributed by atoms with Gasteiger partial charge in [-0.1, -0.05) is 42.5 Å². The van der Waals surface area contributed by atoms with Gasteiger partial charge in [0.05, 0.1) is 25.3 Å². The Kier molecular flexibility index (Phi) is 8.10. The zero-order valence-corrected chi connectivity index (χ0v) is 22.5. The first-order chi connectivity index (χ1) is 17.8. The van der Waals surface area contributed by atoms with Gasteiger partial charge in [0, 0.05) is 20.2 Å². The summed E-state index contributed by atoms with van der Waals surface area (Å²) in [5.74, 6) is 1.38. The molecule has 37 heavy (non-hydrogen) atoms. The molecule has 1 fully saturated rings. The number of ether oxygens (including phenoxy) is 2. The number of methoxy groups -OCH3 is 2. The second-order valence-corrected chi connectivity index (χ2v) is 10.7. The second kappa shape index (κ2) is 11.3. The summed E-state index contributed by atoms with van der Waals surface area (Å²) in [6, 6.07) is 22.4. The van der Waals surface area contributed by atoms with Crippen LogP contribution in [0.4, 0.5) is 5.69 Å². The van der Waals surface area contributed by atoms with Gasteiger partial charge in [0.15, 0.2) is 0 Å². The molecule has 196 valence electrons. The van der Waals surface area contributed by atoms with Crippen molar-refractivity contribution in [1.29, 1.82) is 0 Å². The maximum atomic E-state index is 14.0. The zero-order chi connectivity index (χ0) is 26.5. The van der Waals surface area contributed by atoms with Gasteiger partial charge < -0.3 is 18.9 Å². The average Bonchev–Trinajstić information content (AvgIpc) is 2.94. The third-order valence-corrected chi connectivity index (χ3v) is 8.29. The minimum atomic E-state index is -4.00. The van der Waals surface area contributed by atoms with E-state index in [1.165, 1.54) is 7.11 Å². The predicted molar refractivity (Wildman–Crippen MR) is 144 cm³/mol. The molecule has 1 N–H and O–H groups in total. The van der Waals surface area contributed by atoms with Crippen molar-refractivity contribution in [2.45, 2.75) is 25.2 Å². The van der Waals surface area contributed by atoms with Gasteiger partial charge in [-0.2, -0.15) is 0 Å². The molecule has 9 heteroatoms. The molecule has 1 atom stereocenters. The van der Waals surface area contributed by atoms with Gasteiger partial charge in [-0.3, -0.25) is 14.4 Å². The number of nitrogens with zero attached hydrogens (tertiary/aromatic N) is 1. The molecule has 1 saturated heterocycles. The first-order valence-electron chi connectivity index (χ1n) is 12.1. The Bertz CT molecular complexity index is 1290. The highest BCUT2D eigenvalue weighted by Crippen LogP contribution is 2.47. The molecular formula is C28H33N2O6P. The molecule has 0 radical (unpaired) electrons. The SMILES string of the molecule is COc1cccc(C2(C(=O)NP(=O)(OC)Oc3ccccc3C)CCN(c3ccccc3OC)CC2)c1. The third kappa shape index (κ3) is 5.60. The van der Waals surface area contributed by atoms with Crippen LogP contribution in [-0.2, 0) is 19.3 Å². The number of carbonyl (C=O) groups excluding carboxylic acids is 1. The molecule has 1 aliphatic rings. The number of hydrogen-bond donors (Lipinski definition) is 1. The molecule has 4 rings (SSSR count). The molecule has 0 aromatic heterocycles. The van der Waals surface area contributed by atoms with Gasteiger partial charge >= 0.3 is 7.75 Å². The number of rotatable bonds is 9. The Morgan fingerprint density at radius 3 is 2.22 bits per heavy atom. The Morgan fingerprint density at radius 1 is 0.892 bits per heavy atom. The van der Waals surface area contributed by atoms with Crippen LogP contribution in [0.5, 0.6) is 17.2 Å². The fourth-order valence-corrected chi connectivity index (χ4v) is 5.85. The lowest BCUT2D eigenvalue weighted by atomic mass is 9.72. The van der Waals surface area contributed by atoms with Crippen LogP contribution < -0.4 is 24.0 Å². The lowest BCUT2D eigenvalue weighted by Crippen LogP contribution is -2.51. The Morgan fingerprint density at radius 2 is 1.57 bits per heavy atom. The quantitative estimate of drug-likeness (QED) is 0.370. The molecule has 0 spiro atoms. The summed E-state index contributed by atoms with van der Waals surface area (Å²) in [7, 11) is 0.497. The fourth-order valence-electron chi connectivity index (χ4n) is 4.71. The van der Waals surface area contributed by atoms with Crippen molar-refractivity contribution in [3.63, 3.8) is 0 Å². The van der Waals surface area contributed by atoms with Crippen molar-refractivity contribution in [3.8, 4) is 17.2 Å². The fraction of sp³-hybridized carbons (Fsp3) is 0.321. The van der Waals surface area contributed by atoms with Gasteiger partial charge in [-0.05, 0) is 61.2 Å². The van der Waals surface area contributed by atoms with Crippen molar-refractivity contribution in [2.75, 3.05) is 39.3 Å². The van der Waals surface area contributed by atoms with E-state index in [0.717, 1.165) is 22.6 Å². The third-order valence-electron chi connectivity index (χ3n) is 6.89. The maximum absolute atomic E-state index is 14.0. The Hall–Kier alpha value is -3.48. The smallest absolute Gasteiger partial charge is 0.488 e. The highest BCUT2D eigenvalue weighted by molar-refractivity contribution is 7.52. The molecule has 0 aliphatic carbocycles. The predicted octanol–water partition coefficient (Wildman–Crippen LogP) is 5.50. The molecule has 1 aliphatic heterocycles. The van der Waals surface area contributed by atoms with E-state index in [-0.39, 0.29) is 0 Å². The lowest BCUT2D eigenvalue weighted by Gasteiger charge is -2.42. The number of piperidine rings is 1. The number of carbonyl (C=O) groups is 1. The summed E-state index contributed by atoms with van der Waals surface area (Å²) in [4.78, 5) is 16.2. The van der Waals surface area contributed by atoms with Crippen LogP contribution in [0.15, 0.2) is 72.8 Å². The van der Waals surface area contributed by atoms with Crippen molar-refractivity contribution in [1.82, 2.24) is 5.09 Å². The van der Waals surface area contributed by atoms with Crippen molar-refractivity contribution < 1.29 is 27.9 Å². The largest absolute Gasteiger partial charge is 0.497 e. The standard InChI is InChI=1S/C28H33N2O6P/c1-21-10-5-7-14-25(21)36-37(32,35-4)29-27(31)28(22-11-9-12-23(20-22)33-2)16-18-30(19-17-28)24-13-6-8-15-26(24)34-3/h5-15,20H,16-19H2,1-4H3,(H,29,31,32). The summed E-state index contributed by atoms with van der Waals surface area (Å²) in [6.45, 7) is 3.00. The normalized spacial score (nSPS) is 16.4. The van der Waals surface area contributed by atoms with E-state index in [9.17, 15) is 9.36 Å². The Balaban J connectivity index is 1.65. The van der Waals surface area contributed by atoms with Crippen LogP contribution in [0, 0.1) is 6.92 Å². The number of hydrogen-bond acceptors (Lipinski definition) is 7. The first kappa shape index (κ1) is 26.6. The van der Waals surface area contributed by atoms with Crippen LogP contribution in [0.1, 0.15) is 24.0 Å². The summed E-state index contributed by atoms with van der Waals surface area (Å²) in [5, 5.41) is 2.63. The van der Waals surface area contributed by atoms with Gasteiger partial charge in [-0.15, -0.1) is 0 Å². The van der Waals surface area contributed by atoms with E-state index < -0.39 is 19.1 Å². The number of anilines is 1. The van der Waals surface area contributed by atoms with Gasteiger partial charge in [-0.25, -0.2) is 4.57 Å². The van der Waals surface area contributed by atoms with E-state index in [1.54, 1.807) is 26.4 Å². The summed E-state index contributed by atoms with van der Waals surface area (Å²) < 4.78 is 35.6. The topological polar surface area (TPSA) is 86.3 Å². The zero-order valence-electron chi connectivity index (χ0n) is 21.6. The number of amides is 1. The maximum Gasteiger partial charge on any atom is 0.488 e. The number of benzene rings is 3. The van der Waals surface area contributed by atoms with Crippen LogP contribution in [0.3, 0.4) is 0 Å². The summed E-state index contributed by atoms with van der Waals surface area (Å²) in [5.41, 5.74) is 1.55. The van der Waals surface area contributed by atoms with E-state index in [0.29, 0.717) is 37.4 Å². The van der Waals surface area contributed by atoms with Crippen LogP contribution in [0.25, 0.3) is 0 Å². The van der Waals surface area contributed by atoms with E-state index in [4.69, 9.17) is 18.5 Å². The van der Waals surface area contributed by atoms with Crippen LogP contribution >= 0.6 is 7.75 Å². The van der Waals surface area contributed by atoms with Crippen LogP contribution in [0.2, 0.25) is 0 Å². The van der Waals surface area contributed by atoms with Crippen molar-refractivity contribution in [2.24, 2.45) is 0 Å². The van der Waals surface area contributed by atoms with Crippen molar-refractivity contribution in [3.05, 3.63) is 83.9 Å². The Labute approximate surface area is 218 Å². The van der Waals surface area contributed by atoms with Gasteiger partial charge in [0.1, 0.15) is 17.2 Å². The number of nitrogens with one attached hydrogen (secondary N) is 1. The van der Waals surface area contributed by atoms with Gasteiger partial charge in [0.25, 0.3) is 0 Å². The molecule has 8 nitrogen and oxygen atoms in total. The highest BCUT2D eigenvalue weighted by Gasteiger charge is 2.46. The molecule has 1 unspecified atom stereocenters. The highest BCUT2D eigenvalue weighted by atomic mass is 31.2. The average molecular weight is 525 g/mol. The molecule has 0 saturated carbocycles. The molecule has 1 amide bonds. The summed E-state index contributed by atoms with van der Waals surface area (Å²) in [6.07, 6.45) is 0.941. The number of para-hydroxylation sites is 3. The molecule has 1 heterocycles. The number of aryl methyl sites for hydroxylation is 1. The lowest BCUT2D eigenvalue weighted by molar-refractivity contribution is -0.126. The second-order valence-electron chi connectivity index (χ2n) is 8.95. The van der Waals surface area contributed by atoms with E-state index >= 15 is 0 Å².